The number of ether oxygens (including phenoxy) is 1. The first-order valence-corrected chi connectivity index (χ1v) is 7.68. The van der Waals surface area contributed by atoms with Gasteiger partial charge in [-0.3, -0.25) is 4.79 Å². The van der Waals surface area contributed by atoms with E-state index in [0.29, 0.717) is 11.6 Å². The summed E-state index contributed by atoms with van der Waals surface area (Å²) in [5.41, 5.74) is 5.88. The summed E-state index contributed by atoms with van der Waals surface area (Å²) in [7, 11) is 0. The molecule has 1 aromatic heterocycles. The van der Waals surface area contributed by atoms with Crippen LogP contribution in [0, 0.1) is 0 Å². The number of hydrogen-bond acceptors (Lipinski definition) is 6. The van der Waals surface area contributed by atoms with Crippen LogP contribution >= 0.6 is 11.5 Å². The Morgan fingerprint density at radius 2 is 2.15 bits per heavy atom. The van der Waals surface area contributed by atoms with Crippen molar-refractivity contribution in [2.75, 3.05) is 23.7 Å². The number of rotatable bonds is 4. The Labute approximate surface area is 123 Å². The van der Waals surface area contributed by atoms with Crippen LogP contribution in [0.5, 0.6) is 5.75 Å². The van der Waals surface area contributed by atoms with Gasteiger partial charge in [0, 0.05) is 26.1 Å². The van der Waals surface area contributed by atoms with Crippen LogP contribution in [-0.2, 0) is 4.79 Å². The number of carbonyl (C=O) groups is 1. The quantitative estimate of drug-likeness (QED) is 0.883. The number of nitrogens with zero attached hydrogens (tertiary/aromatic N) is 2. The number of piperidine rings is 1. The largest absolute Gasteiger partial charge is 0.484 e. The van der Waals surface area contributed by atoms with E-state index >= 15 is 0 Å². The van der Waals surface area contributed by atoms with Gasteiger partial charge >= 0.3 is 0 Å². The van der Waals surface area contributed by atoms with Crippen LogP contribution < -0.4 is 20.7 Å². The molecule has 3 N–H and O–H groups in total. The molecule has 0 spiro atoms. The summed E-state index contributed by atoms with van der Waals surface area (Å²) in [6.45, 7) is 7.26. The summed E-state index contributed by atoms with van der Waals surface area (Å²) in [6.07, 6.45) is 1.93. The van der Waals surface area contributed by atoms with E-state index < -0.39 is 0 Å². The van der Waals surface area contributed by atoms with Crippen molar-refractivity contribution in [1.82, 2.24) is 9.69 Å². The number of anilines is 2. The zero-order valence-electron chi connectivity index (χ0n) is 12.2. The SMILES string of the molecule is CC(=O)NC1CCN(c2snc(N)c2OC(C)C)CC1. The third-order valence-corrected chi connectivity index (χ3v) is 4.10. The molecule has 1 saturated heterocycles. The van der Waals surface area contributed by atoms with Crippen LogP contribution in [0.25, 0.3) is 0 Å². The van der Waals surface area contributed by atoms with E-state index in [1.165, 1.54) is 11.5 Å². The highest BCUT2D eigenvalue weighted by atomic mass is 32.1. The average molecular weight is 298 g/mol. The topological polar surface area (TPSA) is 80.5 Å². The van der Waals surface area contributed by atoms with E-state index in [0.717, 1.165) is 30.9 Å². The van der Waals surface area contributed by atoms with Crippen LogP contribution in [0.1, 0.15) is 33.6 Å². The Balaban J connectivity index is 2.01. The molecule has 0 unspecified atom stereocenters. The number of hydrogen-bond donors (Lipinski definition) is 2. The second-order valence-electron chi connectivity index (χ2n) is 5.33. The molecular weight excluding hydrogens is 276 g/mol. The van der Waals surface area contributed by atoms with Crippen LogP contribution in [0.15, 0.2) is 0 Å². The Hall–Kier alpha value is -1.50. The lowest BCUT2D eigenvalue weighted by molar-refractivity contribution is -0.119. The molecule has 7 heteroatoms. The molecule has 0 atom stereocenters. The average Bonchev–Trinajstić information content (AvgIpc) is 2.71. The smallest absolute Gasteiger partial charge is 0.217 e. The summed E-state index contributed by atoms with van der Waals surface area (Å²) >= 11 is 1.38. The molecule has 0 radical (unpaired) electrons. The van der Waals surface area contributed by atoms with Gasteiger partial charge < -0.3 is 20.7 Å². The van der Waals surface area contributed by atoms with Gasteiger partial charge in [-0.25, -0.2) is 0 Å². The van der Waals surface area contributed by atoms with E-state index in [1.807, 2.05) is 13.8 Å². The van der Waals surface area contributed by atoms with Crippen molar-refractivity contribution in [2.45, 2.75) is 45.8 Å². The molecule has 2 rings (SSSR count). The zero-order valence-corrected chi connectivity index (χ0v) is 13.0. The first-order valence-electron chi connectivity index (χ1n) is 6.91. The molecule has 1 aromatic rings. The van der Waals surface area contributed by atoms with Crippen molar-refractivity contribution in [3.05, 3.63) is 0 Å². The van der Waals surface area contributed by atoms with E-state index in [4.69, 9.17) is 10.5 Å². The molecule has 6 nitrogen and oxygen atoms in total. The number of amides is 1. The molecule has 20 heavy (non-hydrogen) atoms. The van der Waals surface area contributed by atoms with Crippen LogP contribution in [0.4, 0.5) is 10.8 Å². The Morgan fingerprint density at radius 1 is 1.50 bits per heavy atom. The molecule has 0 aliphatic carbocycles. The molecule has 0 saturated carbocycles. The fraction of sp³-hybridized carbons (Fsp3) is 0.692. The van der Waals surface area contributed by atoms with Gasteiger partial charge in [0.25, 0.3) is 0 Å². The van der Waals surface area contributed by atoms with E-state index in [-0.39, 0.29) is 18.1 Å². The second kappa shape index (κ2) is 6.30. The first kappa shape index (κ1) is 14.9. The number of nitrogens with two attached hydrogens (primary N) is 1. The fourth-order valence-electron chi connectivity index (χ4n) is 2.35. The van der Waals surface area contributed by atoms with Crippen molar-refractivity contribution in [3.8, 4) is 5.75 Å². The summed E-state index contributed by atoms with van der Waals surface area (Å²) in [5, 5.41) is 3.97. The van der Waals surface area contributed by atoms with Crippen LogP contribution in [-0.4, -0.2) is 35.5 Å². The van der Waals surface area contributed by atoms with Crippen LogP contribution in [0.3, 0.4) is 0 Å². The van der Waals surface area contributed by atoms with Gasteiger partial charge in [0.05, 0.1) is 6.10 Å². The third-order valence-electron chi connectivity index (χ3n) is 3.20. The summed E-state index contributed by atoms with van der Waals surface area (Å²) in [6, 6.07) is 0.267. The van der Waals surface area contributed by atoms with E-state index in [9.17, 15) is 4.79 Å². The lowest BCUT2D eigenvalue weighted by Gasteiger charge is -2.33. The lowest BCUT2D eigenvalue weighted by Crippen LogP contribution is -2.44. The van der Waals surface area contributed by atoms with Gasteiger partial charge in [-0.1, -0.05) is 0 Å². The van der Waals surface area contributed by atoms with Gasteiger partial charge in [0.2, 0.25) is 5.91 Å². The second-order valence-corrected chi connectivity index (χ2v) is 6.08. The van der Waals surface area contributed by atoms with Crippen molar-refractivity contribution in [1.29, 1.82) is 0 Å². The van der Waals surface area contributed by atoms with Gasteiger partial charge in [-0.15, -0.1) is 0 Å². The minimum absolute atomic E-state index is 0.0364. The van der Waals surface area contributed by atoms with E-state index in [1.54, 1.807) is 6.92 Å². The van der Waals surface area contributed by atoms with Gasteiger partial charge in [0.1, 0.15) is 0 Å². The summed E-state index contributed by atoms with van der Waals surface area (Å²) < 4.78 is 9.97. The number of nitrogens with one attached hydrogen (secondary N) is 1. The first-order chi connectivity index (χ1) is 9.47. The maximum Gasteiger partial charge on any atom is 0.217 e. The van der Waals surface area contributed by atoms with Crippen LogP contribution in [0.2, 0.25) is 0 Å². The van der Waals surface area contributed by atoms with Crippen molar-refractivity contribution in [3.63, 3.8) is 0 Å². The number of aromatic nitrogens is 1. The van der Waals surface area contributed by atoms with Gasteiger partial charge in [-0.05, 0) is 38.2 Å². The maximum absolute atomic E-state index is 11.1. The minimum Gasteiger partial charge on any atom is -0.484 e. The fourth-order valence-corrected chi connectivity index (χ4v) is 3.15. The molecule has 2 heterocycles. The monoisotopic (exact) mass is 298 g/mol. The van der Waals surface area contributed by atoms with Gasteiger partial charge in [-0.2, -0.15) is 4.37 Å². The molecule has 1 fully saturated rings. The Kier molecular flexibility index (Phi) is 4.69. The zero-order chi connectivity index (χ0) is 14.7. The Morgan fingerprint density at radius 3 is 2.70 bits per heavy atom. The lowest BCUT2D eigenvalue weighted by atomic mass is 10.1. The third kappa shape index (κ3) is 3.53. The molecular formula is C13H22N4O2S. The van der Waals surface area contributed by atoms with Crippen molar-refractivity contribution >= 4 is 28.3 Å². The van der Waals surface area contributed by atoms with Crippen molar-refractivity contribution < 1.29 is 9.53 Å². The summed E-state index contributed by atoms with van der Waals surface area (Å²) in [4.78, 5) is 13.3. The number of carbonyl (C=O) groups excluding carboxylic acids is 1. The highest BCUT2D eigenvalue weighted by molar-refractivity contribution is 7.11. The highest BCUT2D eigenvalue weighted by Crippen LogP contribution is 2.39. The maximum atomic E-state index is 11.1. The van der Waals surface area contributed by atoms with Gasteiger partial charge in [0.15, 0.2) is 16.6 Å². The summed E-state index contributed by atoms with van der Waals surface area (Å²) in [5.74, 6) is 1.19. The minimum atomic E-state index is 0.0364. The molecule has 112 valence electrons. The molecule has 0 aromatic carbocycles. The molecule has 0 bridgehead atoms. The predicted molar refractivity (Wildman–Crippen MR) is 81.3 cm³/mol. The molecule has 1 aliphatic rings. The van der Waals surface area contributed by atoms with E-state index in [2.05, 4.69) is 14.6 Å². The molecule has 1 amide bonds. The highest BCUT2D eigenvalue weighted by Gasteiger charge is 2.25. The normalized spacial score (nSPS) is 16.5. The predicted octanol–water partition coefficient (Wildman–Crippen LogP) is 1.62. The van der Waals surface area contributed by atoms with Crippen molar-refractivity contribution in [2.24, 2.45) is 0 Å². The Bertz CT molecular complexity index is 467. The standard InChI is InChI=1S/C13H22N4O2S/c1-8(2)19-11-12(14)16-20-13(11)17-6-4-10(5-7-17)15-9(3)18/h8,10H,4-7H2,1-3H3,(H2,14,16)(H,15,18). The number of nitrogen functional groups attached to an aromatic ring is 1. The molecule has 1 aliphatic heterocycles.